The Morgan fingerprint density at radius 1 is 1.21 bits per heavy atom. The molecule has 202 valence electrons. The summed E-state index contributed by atoms with van der Waals surface area (Å²) in [5.74, 6) is -0.294. The second kappa shape index (κ2) is 12.8. The summed E-state index contributed by atoms with van der Waals surface area (Å²) < 4.78 is 31.0. The van der Waals surface area contributed by atoms with Gasteiger partial charge in [0, 0.05) is 12.6 Å². The largest absolute Gasteiger partial charge is 0.460 e. The molecule has 2 heterocycles. The number of nitrogen functional groups attached to an aromatic ring is 1. The summed E-state index contributed by atoms with van der Waals surface area (Å²) in [7, 11) is -3.12. The fourth-order valence-electron chi connectivity index (χ4n) is 3.77. The molecule has 0 saturated carbocycles. The summed E-state index contributed by atoms with van der Waals surface area (Å²) in [4.78, 5) is 35.3. The Labute approximate surface area is 219 Å². The van der Waals surface area contributed by atoms with Gasteiger partial charge < -0.3 is 24.8 Å². The number of rotatable bonds is 11. The summed E-state index contributed by atoms with van der Waals surface area (Å²) in [6.07, 6.45) is -1.25. The van der Waals surface area contributed by atoms with E-state index in [-0.39, 0.29) is 25.5 Å². The van der Waals surface area contributed by atoms with Crippen LogP contribution in [0.4, 0.5) is 5.82 Å². The number of carbonyl (C=O) groups excluding carboxylic acids is 1. The van der Waals surface area contributed by atoms with Crippen LogP contribution in [0.3, 0.4) is 0 Å². The van der Waals surface area contributed by atoms with Crippen LogP contribution in [0, 0.1) is 0 Å². The number of hydrogen-bond acceptors (Lipinski definition) is 10. The molecule has 0 spiro atoms. The number of hydroxylamine groups is 1. The first-order chi connectivity index (χ1) is 18.3. The highest BCUT2D eigenvalue weighted by Crippen LogP contribution is 2.35. The summed E-state index contributed by atoms with van der Waals surface area (Å²) in [6.45, 7) is 1.33. The monoisotopic (exact) mass is 544 g/mol. The van der Waals surface area contributed by atoms with Crippen LogP contribution in [0.2, 0.25) is 0 Å². The number of nitrogens with two attached hydrogens (primary N) is 1. The molecule has 4 rings (SSSR count). The third kappa shape index (κ3) is 7.06. The summed E-state index contributed by atoms with van der Waals surface area (Å²) in [6, 6.07) is 17.9. The normalized spacial score (nSPS) is 20.7. The van der Waals surface area contributed by atoms with Gasteiger partial charge in [0.25, 0.3) is 0 Å². The number of carbonyl (C=O) groups is 1. The lowest BCUT2D eigenvalue weighted by Crippen LogP contribution is -2.38. The smallest absolute Gasteiger partial charge is 0.351 e. The Bertz CT molecular complexity index is 1290. The van der Waals surface area contributed by atoms with Gasteiger partial charge in [-0.25, -0.2) is 4.79 Å². The van der Waals surface area contributed by atoms with Crippen LogP contribution in [0.1, 0.15) is 25.1 Å². The Hall–Kier alpha value is -3.54. The van der Waals surface area contributed by atoms with Crippen LogP contribution in [-0.2, 0) is 30.3 Å². The molecule has 0 bridgehead atoms. The third-order valence-corrected chi connectivity index (χ3v) is 7.02. The zero-order valence-electron chi connectivity index (χ0n) is 20.6. The van der Waals surface area contributed by atoms with E-state index in [0.29, 0.717) is 5.75 Å². The van der Waals surface area contributed by atoms with Crippen molar-refractivity contribution in [2.24, 2.45) is 0 Å². The van der Waals surface area contributed by atoms with Gasteiger partial charge in [0.1, 0.15) is 30.3 Å². The minimum Gasteiger partial charge on any atom is -0.460 e. The van der Waals surface area contributed by atoms with Crippen molar-refractivity contribution in [2.75, 3.05) is 12.3 Å². The number of benzene rings is 2. The maximum Gasteiger partial charge on any atom is 0.351 e. The van der Waals surface area contributed by atoms with E-state index < -0.39 is 44.3 Å². The van der Waals surface area contributed by atoms with Crippen molar-refractivity contribution in [1.29, 1.82) is 0 Å². The van der Waals surface area contributed by atoms with Crippen LogP contribution < -0.4 is 15.9 Å². The van der Waals surface area contributed by atoms with E-state index in [1.807, 2.05) is 30.3 Å². The van der Waals surface area contributed by atoms with E-state index in [1.165, 1.54) is 19.2 Å². The molecule has 0 radical (unpaired) electrons. The molecular formula is C25H29N4O8P. The van der Waals surface area contributed by atoms with Crippen LogP contribution >= 0.6 is 8.18 Å². The minimum atomic E-state index is -3.12. The summed E-state index contributed by atoms with van der Waals surface area (Å²) in [5.41, 5.74) is 5.65. The molecule has 38 heavy (non-hydrogen) atoms. The fourth-order valence-corrected chi connectivity index (χ4v) is 4.80. The molecule has 1 aliphatic rings. The van der Waals surface area contributed by atoms with Crippen molar-refractivity contribution in [3.05, 3.63) is 89.0 Å². The number of hydrogen-bond donors (Lipinski definition) is 2. The van der Waals surface area contributed by atoms with Gasteiger partial charge in [0.15, 0.2) is 6.23 Å². The average molecular weight is 545 g/mol. The van der Waals surface area contributed by atoms with E-state index in [1.54, 1.807) is 30.3 Å². The second-order valence-corrected chi connectivity index (χ2v) is 9.74. The molecule has 1 aliphatic heterocycles. The van der Waals surface area contributed by atoms with E-state index in [2.05, 4.69) is 4.98 Å². The highest BCUT2D eigenvalue weighted by atomic mass is 31.1. The molecule has 2 unspecified atom stereocenters. The number of nitrogens with zero attached hydrogens (tertiary/aromatic N) is 3. The molecule has 1 aromatic heterocycles. The Balaban J connectivity index is 1.43. The molecule has 13 heteroatoms. The lowest BCUT2D eigenvalue weighted by molar-refractivity contribution is -0.178. The first-order valence-corrected chi connectivity index (χ1v) is 13.2. The summed E-state index contributed by atoms with van der Waals surface area (Å²) >= 11 is 0. The Morgan fingerprint density at radius 3 is 2.58 bits per heavy atom. The first-order valence-electron chi connectivity index (χ1n) is 11.9. The van der Waals surface area contributed by atoms with Gasteiger partial charge in [0.05, 0.1) is 12.7 Å². The van der Waals surface area contributed by atoms with Crippen LogP contribution in [-0.4, -0.2) is 50.3 Å². The minimum absolute atomic E-state index is 0.0301. The van der Waals surface area contributed by atoms with Gasteiger partial charge in [-0.1, -0.05) is 53.4 Å². The molecule has 12 nitrogen and oxygen atoms in total. The van der Waals surface area contributed by atoms with Crippen molar-refractivity contribution in [3.63, 3.8) is 0 Å². The second-order valence-electron chi connectivity index (χ2n) is 8.57. The number of para-hydroxylation sites is 1. The van der Waals surface area contributed by atoms with Gasteiger partial charge in [-0.2, -0.15) is 4.98 Å². The Kier molecular flexibility index (Phi) is 9.27. The molecular weight excluding hydrogens is 515 g/mol. The van der Waals surface area contributed by atoms with Crippen molar-refractivity contribution < 1.29 is 33.3 Å². The molecule has 1 saturated heterocycles. The maximum atomic E-state index is 13.2. The van der Waals surface area contributed by atoms with Gasteiger partial charge in [0.2, 0.25) is 0 Å². The number of aromatic nitrogens is 2. The number of aliphatic hydroxyl groups excluding tert-OH is 1. The van der Waals surface area contributed by atoms with Gasteiger partial charge in [-0.05, 0) is 30.7 Å². The highest BCUT2D eigenvalue weighted by molar-refractivity contribution is 7.36. The molecule has 0 amide bonds. The van der Waals surface area contributed by atoms with Gasteiger partial charge >= 0.3 is 19.8 Å². The van der Waals surface area contributed by atoms with Crippen LogP contribution in [0.15, 0.2) is 77.7 Å². The number of ether oxygens (including phenoxy) is 2. The quantitative estimate of drug-likeness (QED) is 0.207. The zero-order valence-corrected chi connectivity index (χ0v) is 21.6. The average Bonchev–Trinajstić information content (AvgIpc) is 3.28. The molecule has 1 fully saturated rings. The van der Waals surface area contributed by atoms with Crippen LogP contribution in [0.25, 0.3) is 0 Å². The topological polar surface area (TPSA) is 155 Å². The standard InChI is InChI=1S/C25H29N4O8P/c1-17(24(31)34-15-18-8-4-2-5-9-18)29(38(33)37-19-10-6-3-7-11-19)35-16-20-14-21(30)23(36-20)28-13-12-22(26)27-25(28)32/h2-13,17,20-21,23,30,38H,14-16H2,1H3,(H2,26,27,32)/t17-,20-,21?,23+/m0/s1. The van der Waals surface area contributed by atoms with Crippen LogP contribution in [0.5, 0.6) is 5.75 Å². The zero-order chi connectivity index (χ0) is 27.1. The predicted octanol–water partition coefficient (Wildman–Crippen LogP) is 2.31. The maximum absolute atomic E-state index is 13.2. The molecule has 5 atom stereocenters. The van der Waals surface area contributed by atoms with E-state index >= 15 is 0 Å². The SMILES string of the molecule is C[C@@H](C(=O)OCc1ccccc1)N(OC[C@@H]1CC(O)[C@H](n2ccc(N)nc2=O)O1)[PH](=O)Oc1ccccc1. The molecule has 2 aromatic carbocycles. The number of aliphatic hydroxyl groups is 1. The van der Waals surface area contributed by atoms with E-state index in [4.69, 9.17) is 24.6 Å². The number of esters is 1. The fraction of sp³-hybridized carbons (Fsp3) is 0.320. The molecule has 3 aromatic rings. The van der Waals surface area contributed by atoms with Crippen molar-refractivity contribution in [3.8, 4) is 5.75 Å². The Morgan fingerprint density at radius 2 is 1.89 bits per heavy atom. The van der Waals surface area contributed by atoms with Gasteiger partial charge in [-0.15, -0.1) is 0 Å². The third-order valence-electron chi connectivity index (χ3n) is 5.74. The lowest BCUT2D eigenvalue weighted by atomic mass is 10.2. The van der Waals surface area contributed by atoms with E-state index in [9.17, 15) is 19.3 Å². The number of anilines is 1. The van der Waals surface area contributed by atoms with Crippen molar-refractivity contribution in [2.45, 2.75) is 44.4 Å². The van der Waals surface area contributed by atoms with Crippen molar-refractivity contribution in [1.82, 2.24) is 14.4 Å². The lowest BCUT2D eigenvalue weighted by Gasteiger charge is -2.27. The predicted molar refractivity (Wildman–Crippen MR) is 137 cm³/mol. The van der Waals surface area contributed by atoms with Gasteiger partial charge in [-0.3, -0.25) is 18.8 Å². The molecule has 0 aliphatic carbocycles. The van der Waals surface area contributed by atoms with E-state index in [0.717, 1.165) is 15.0 Å². The highest BCUT2D eigenvalue weighted by Gasteiger charge is 2.38. The molecule has 3 N–H and O–H groups in total. The summed E-state index contributed by atoms with van der Waals surface area (Å²) in [5, 5.41) is 10.5. The van der Waals surface area contributed by atoms with Crippen molar-refractivity contribution >= 4 is 20.0 Å². The first kappa shape index (κ1) is 27.5.